The molecular formula is C32H34N6O13. The zero-order valence-corrected chi connectivity index (χ0v) is 27.3. The lowest BCUT2D eigenvalue weighted by atomic mass is 10.0. The van der Waals surface area contributed by atoms with Gasteiger partial charge in [-0.1, -0.05) is 24.3 Å². The fraction of sp³-hybridized carbons (Fsp3) is 0.344. The molecule has 1 aliphatic rings. The fourth-order valence-corrected chi connectivity index (χ4v) is 4.35. The zero-order chi connectivity index (χ0) is 36.8. The summed E-state index contributed by atoms with van der Waals surface area (Å²) in [6.45, 7) is -3.04. The summed E-state index contributed by atoms with van der Waals surface area (Å²) >= 11 is 0. The molecule has 1 atom stereocenters. The number of hydrogen-bond donors (Lipinski definition) is 4. The van der Waals surface area contributed by atoms with Crippen LogP contribution in [0.4, 0.5) is 0 Å². The van der Waals surface area contributed by atoms with E-state index in [4.69, 9.17) is 18.6 Å². The molecule has 3 heterocycles. The number of nitrogens with zero attached hydrogens (tertiary/aromatic N) is 2. The molecule has 1 fully saturated rings. The lowest BCUT2D eigenvalue weighted by molar-refractivity contribution is -0.154. The molecule has 4 rings (SSSR count). The molecule has 0 radical (unpaired) electrons. The van der Waals surface area contributed by atoms with E-state index in [0.717, 1.165) is 17.0 Å². The molecule has 19 nitrogen and oxygen atoms in total. The number of aromatic nitrogens is 2. The Bertz CT molecular complexity index is 1760. The van der Waals surface area contributed by atoms with Crippen molar-refractivity contribution in [3.63, 3.8) is 0 Å². The summed E-state index contributed by atoms with van der Waals surface area (Å²) in [6.07, 6.45) is 1.56. The molecule has 0 aliphatic carbocycles. The van der Waals surface area contributed by atoms with E-state index in [-0.39, 0.29) is 6.42 Å². The molecule has 4 amide bonds. The van der Waals surface area contributed by atoms with Gasteiger partial charge >= 0.3 is 23.9 Å². The Balaban J connectivity index is 1.40. The van der Waals surface area contributed by atoms with Crippen molar-refractivity contribution >= 4 is 47.5 Å². The fourth-order valence-electron chi connectivity index (χ4n) is 4.35. The van der Waals surface area contributed by atoms with Crippen LogP contribution in [0.2, 0.25) is 0 Å². The van der Waals surface area contributed by atoms with Gasteiger partial charge in [-0.05, 0) is 36.2 Å². The number of rotatable bonds is 5. The van der Waals surface area contributed by atoms with Crippen molar-refractivity contribution in [1.82, 2.24) is 31.0 Å². The van der Waals surface area contributed by atoms with Gasteiger partial charge in [-0.2, -0.15) is 5.10 Å². The molecule has 4 N–H and O–H groups in total. The van der Waals surface area contributed by atoms with Gasteiger partial charge < -0.3 is 44.6 Å². The van der Waals surface area contributed by atoms with Crippen molar-refractivity contribution < 1.29 is 61.7 Å². The highest BCUT2D eigenvalue weighted by Crippen LogP contribution is 2.22. The van der Waals surface area contributed by atoms with Gasteiger partial charge in [0.2, 0.25) is 0 Å². The van der Waals surface area contributed by atoms with E-state index in [1.807, 2.05) is 25.1 Å². The summed E-state index contributed by atoms with van der Waals surface area (Å²) in [5.74, 6) is -6.18. The van der Waals surface area contributed by atoms with Crippen molar-refractivity contribution in [2.24, 2.45) is 0 Å². The van der Waals surface area contributed by atoms with E-state index in [1.54, 1.807) is 35.1 Å². The maximum atomic E-state index is 13.0. The van der Waals surface area contributed by atoms with Gasteiger partial charge in [0.15, 0.2) is 32.2 Å². The van der Waals surface area contributed by atoms with Crippen molar-refractivity contribution in [3.05, 3.63) is 65.5 Å². The van der Waals surface area contributed by atoms with Crippen molar-refractivity contribution in [2.75, 3.05) is 46.1 Å². The van der Waals surface area contributed by atoms with Gasteiger partial charge in [0.25, 0.3) is 23.6 Å². The second-order valence-corrected chi connectivity index (χ2v) is 10.8. The Kier molecular flexibility index (Phi) is 13.4. The minimum atomic E-state index is -1.35. The van der Waals surface area contributed by atoms with Crippen LogP contribution in [0.25, 0.3) is 11.5 Å². The predicted molar refractivity (Wildman–Crippen MR) is 169 cm³/mol. The third-order valence-electron chi connectivity index (χ3n) is 6.85. The largest absolute Gasteiger partial charge is 0.460 e. The second-order valence-electron chi connectivity index (χ2n) is 10.8. The number of amides is 4. The number of cyclic esters (lactones) is 4. The number of nitrogens with one attached hydrogen (secondary N) is 4. The summed E-state index contributed by atoms with van der Waals surface area (Å²) in [6, 6.07) is 11.2. The Hall–Kier alpha value is -6.53. The van der Waals surface area contributed by atoms with Crippen LogP contribution in [0.3, 0.4) is 0 Å². The van der Waals surface area contributed by atoms with Gasteiger partial charge in [0, 0.05) is 12.6 Å². The Labute approximate surface area is 289 Å². The average molecular weight is 711 g/mol. The summed E-state index contributed by atoms with van der Waals surface area (Å²) in [5, 5.41) is 13.1. The van der Waals surface area contributed by atoms with Crippen LogP contribution >= 0.6 is 0 Å². The molecule has 51 heavy (non-hydrogen) atoms. The normalized spacial score (nSPS) is 18.1. The third kappa shape index (κ3) is 12.5. The van der Waals surface area contributed by atoms with E-state index in [1.165, 1.54) is 0 Å². The van der Waals surface area contributed by atoms with Gasteiger partial charge in [0.05, 0.1) is 6.54 Å². The van der Waals surface area contributed by atoms with Crippen LogP contribution in [0.5, 0.6) is 0 Å². The molecule has 19 heteroatoms. The van der Waals surface area contributed by atoms with Gasteiger partial charge in [-0.3, -0.25) is 38.2 Å². The zero-order valence-electron chi connectivity index (χ0n) is 27.3. The second kappa shape index (κ2) is 18.3. The number of furan rings is 1. The highest BCUT2D eigenvalue weighted by atomic mass is 16.6. The lowest BCUT2D eigenvalue weighted by Gasteiger charge is -2.18. The highest BCUT2D eigenvalue weighted by Gasteiger charge is 2.25. The van der Waals surface area contributed by atoms with Crippen LogP contribution in [0.15, 0.2) is 53.1 Å². The first-order valence-electron chi connectivity index (χ1n) is 15.3. The SMILES string of the molecule is Cc1ccc(-c2ccnn2Cc2ccc(CC3NC(=O)COC(=O)CNC(=O)COC(=O)CNC(=O)COC(=O)CNC(=O)COC3=O)cc2)o1. The van der Waals surface area contributed by atoms with Crippen LogP contribution in [-0.4, -0.2) is 109 Å². The molecule has 0 bridgehead atoms. The van der Waals surface area contributed by atoms with Gasteiger partial charge in [-0.15, -0.1) is 0 Å². The molecule has 1 unspecified atom stereocenters. The summed E-state index contributed by atoms with van der Waals surface area (Å²) in [7, 11) is 0. The van der Waals surface area contributed by atoms with Crippen LogP contribution in [-0.2, 0) is 70.3 Å². The number of esters is 4. The molecule has 2 aromatic heterocycles. The number of carbonyl (C=O) groups excluding carboxylic acids is 8. The molecule has 1 aromatic carbocycles. The molecule has 3 aromatic rings. The summed E-state index contributed by atoms with van der Waals surface area (Å²) in [5.41, 5.74) is 2.23. The Morgan fingerprint density at radius 3 is 1.69 bits per heavy atom. The van der Waals surface area contributed by atoms with Crippen molar-refractivity contribution in [2.45, 2.75) is 25.9 Å². The van der Waals surface area contributed by atoms with E-state index in [9.17, 15) is 38.4 Å². The van der Waals surface area contributed by atoms with Gasteiger partial charge in [0.1, 0.15) is 37.1 Å². The van der Waals surface area contributed by atoms with Gasteiger partial charge in [-0.25, -0.2) is 4.79 Å². The maximum absolute atomic E-state index is 13.0. The first-order chi connectivity index (χ1) is 24.4. The number of aryl methyl sites for hydroxylation is 1. The molecule has 0 spiro atoms. The predicted octanol–water partition coefficient (Wildman–Crippen LogP) is -1.94. The number of hydrogen-bond acceptors (Lipinski definition) is 14. The van der Waals surface area contributed by atoms with E-state index in [2.05, 4.69) is 31.1 Å². The molecule has 1 saturated heterocycles. The first kappa shape index (κ1) is 37.3. The minimum Gasteiger partial charge on any atom is -0.460 e. The number of ether oxygens (including phenoxy) is 4. The van der Waals surface area contributed by atoms with E-state index < -0.39 is 99.6 Å². The topological polar surface area (TPSA) is 253 Å². The van der Waals surface area contributed by atoms with E-state index >= 15 is 0 Å². The minimum absolute atomic E-state index is 0.0950. The van der Waals surface area contributed by atoms with Crippen LogP contribution in [0, 0.1) is 6.92 Å². The highest BCUT2D eigenvalue weighted by molar-refractivity contribution is 5.90. The quantitative estimate of drug-likeness (QED) is 0.166. The molecular weight excluding hydrogens is 676 g/mol. The average Bonchev–Trinajstić information content (AvgIpc) is 3.76. The van der Waals surface area contributed by atoms with E-state index in [0.29, 0.717) is 17.9 Å². The molecule has 270 valence electrons. The smallest absolute Gasteiger partial charge is 0.329 e. The third-order valence-corrected chi connectivity index (χ3v) is 6.85. The monoisotopic (exact) mass is 710 g/mol. The number of carbonyl (C=O) groups is 8. The molecule has 1 aliphatic heterocycles. The standard InChI is InChI=1S/C32H34N6O13/c1-19-2-7-24(51-19)23-8-9-36-38(23)14-21-5-3-20(4-6-21)10-22-32(46)50-17-27(41)35-12-30(44)48-15-25(39)33-11-29(43)47-16-26(40)34-13-31(45)49-18-28(42)37-22/h2-9,22H,10-18H2,1H3,(H,33,39)(H,34,40)(H,35,41)(H,37,42). The van der Waals surface area contributed by atoms with Crippen molar-refractivity contribution in [1.29, 1.82) is 0 Å². The number of benzene rings is 1. The van der Waals surface area contributed by atoms with Crippen molar-refractivity contribution in [3.8, 4) is 11.5 Å². The van der Waals surface area contributed by atoms with Crippen LogP contribution in [0.1, 0.15) is 16.9 Å². The summed E-state index contributed by atoms with van der Waals surface area (Å²) < 4.78 is 26.7. The Morgan fingerprint density at radius 2 is 1.16 bits per heavy atom. The first-order valence-corrected chi connectivity index (χ1v) is 15.3. The molecule has 0 saturated carbocycles. The summed E-state index contributed by atoms with van der Waals surface area (Å²) in [4.78, 5) is 97.3. The maximum Gasteiger partial charge on any atom is 0.329 e. The lowest BCUT2D eigenvalue weighted by Crippen LogP contribution is -2.46. The Morgan fingerprint density at radius 1 is 0.647 bits per heavy atom. The van der Waals surface area contributed by atoms with Crippen LogP contribution < -0.4 is 21.3 Å².